The van der Waals surface area contributed by atoms with E-state index in [4.69, 9.17) is 16.3 Å². The van der Waals surface area contributed by atoms with Crippen LogP contribution in [0.15, 0.2) is 22.7 Å². The van der Waals surface area contributed by atoms with Crippen LogP contribution in [-0.4, -0.2) is 43.8 Å². The van der Waals surface area contributed by atoms with Gasteiger partial charge in [0.15, 0.2) is 0 Å². The Balaban J connectivity index is 1.94. The fourth-order valence-electron chi connectivity index (χ4n) is 2.21. The maximum Gasteiger partial charge on any atom is 0.308 e. The molecule has 1 heterocycles. The summed E-state index contributed by atoms with van der Waals surface area (Å²) in [5.74, 6) is -0.237. The average molecular weight is 363 g/mol. The van der Waals surface area contributed by atoms with Crippen LogP contribution in [0.3, 0.4) is 0 Å². The topological polar surface area (TPSA) is 38.8 Å². The van der Waals surface area contributed by atoms with Crippen LogP contribution >= 0.6 is 27.5 Å². The van der Waals surface area contributed by atoms with Crippen molar-refractivity contribution < 1.29 is 14.3 Å². The van der Waals surface area contributed by atoms with E-state index in [-0.39, 0.29) is 12.1 Å². The minimum atomic E-state index is -0.237. The third-order valence-corrected chi connectivity index (χ3v) is 4.10. The molecule has 1 aromatic rings. The fourth-order valence-corrected chi connectivity index (χ4v) is 2.94. The van der Waals surface area contributed by atoms with E-state index < -0.39 is 0 Å². The van der Waals surface area contributed by atoms with E-state index >= 15 is 0 Å². The van der Waals surface area contributed by atoms with Gasteiger partial charge in [-0.1, -0.05) is 33.6 Å². The molecule has 0 N–H and O–H groups in total. The molecule has 6 heteroatoms. The molecule has 1 aliphatic heterocycles. The van der Waals surface area contributed by atoms with Gasteiger partial charge in [0.05, 0.1) is 26.2 Å². The standard InChI is InChI=1S/C14H17BrClNO3/c1-19-14(18)7-12-9-17(4-5-20-12)8-10-2-3-11(15)6-13(10)16/h2-3,6,12H,4-5,7-9H2,1H3. The van der Waals surface area contributed by atoms with Crippen LogP contribution in [0.1, 0.15) is 12.0 Å². The number of carbonyl (C=O) groups is 1. The summed E-state index contributed by atoms with van der Waals surface area (Å²) in [5.41, 5.74) is 1.08. The van der Waals surface area contributed by atoms with Crippen LogP contribution in [0.5, 0.6) is 0 Å². The first-order valence-electron chi connectivity index (χ1n) is 6.43. The summed E-state index contributed by atoms with van der Waals surface area (Å²) in [6.07, 6.45) is 0.187. The molecular formula is C14H17BrClNO3. The normalized spacial score (nSPS) is 19.9. The van der Waals surface area contributed by atoms with Gasteiger partial charge in [-0.3, -0.25) is 9.69 Å². The number of halogens is 2. The highest BCUT2D eigenvalue weighted by atomic mass is 79.9. The minimum absolute atomic E-state index is 0.106. The lowest BCUT2D eigenvalue weighted by molar-refractivity contribution is -0.145. The van der Waals surface area contributed by atoms with Gasteiger partial charge >= 0.3 is 5.97 Å². The highest BCUT2D eigenvalue weighted by Gasteiger charge is 2.23. The van der Waals surface area contributed by atoms with Crippen molar-refractivity contribution in [3.63, 3.8) is 0 Å². The van der Waals surface area contributed by atoms with Gasteiger partial charge < -0.3 is 9.47 Å². The van der Waals surface area contributed by atoms with E-state index in [1.54, 1.807) is 0 Å². The molecule has 2 rings (SSSR count). The second kappa shape index (κ2) is 7.41. The molecule has 1 aliphatic rings. The first kappa shape index (κ1) is 15.8. The first-order valence-corrected chi connectivity index (χ1v) is 7.60. The zero-order valence-electron chi connectivity index (χ0n) is 11.3. The van der Waals surface area contributed by atoms with Crippen LogP contribution in [0.2, 0.25) is 5.02 Å². The molecule has 0 aromatic heterocycles. The van der Waals surface area contributed by atoms with E-state index in [2.05, 4.69) is 25.6 Å². The number of morpholine rings is 1. The molecule has 0 aliphatic carbocycles. The smallest absolute Gasteiger partial charge is 0.308 e. The average Bonchev–Trinajstić information content (AvgIpc) is 2.42. The number of ether oxygens (including phenoxy) is 2. The number of esters is 1. The Labute approximate surface area is 132 Å². The van der Waals surface area contributed by atoms with Gasteiger partial charge in [-0.05, 0) is 17.7 Å². The van der Waals surface area contributed by atoms with Gasteiger partial charge in [-0.2, -0.15) is 0 Å². The highest BCUT2D eigenvalue weighted by molar-refractivity contribution is 9.10. The number of rotatable bonds is 4. The zero-order chi connectivity index (χ0) is 14.5. The number of hydrogen-bond acceptors (Lipinski definition) is 4. The molecule has 20 heavy (non-hydrogen) atoms. The minimum Gasteiger partial charge on any atom is -0.469 e. The van der Waals surface area contributed by atoms with Crippen LogP contribution in [0.25, 0.3) is 0 Å². The molecule has 0 spiro atoms. The predicted molar refractivity (Wildman–Crippen MR) is 80.8 cm³/mol. The Hall–Kier alpha value is -0.620. The van der Waals surface area contributed by atoms with Crippen molar-refractivity contribution in [1.29, 1.82) is 0 Å². The summed E-state index contributed by atoms with van der Waals surface area (Å²) < 4.78 is 11.2. The third-order valence-electron chi connectivity index (χ3n) is 3.25. The SMILES string of the molecule is COC(=O)CC1CN(Cc2ccc(Br)cc2Cl)CCO1. The summed E-state index contributed by atoms with van der Waals surface area (Å²) in [7, 11) is 1.39. The van der Waals surface area contributed by atoms with Crippen molar-refractivity contribution >= 4 is 33.5 Å². The summed E-state index contributed by atoms with van der Waals surface area (Å²) >= 11 is 9.63. The largest absolute Gasteiger partial charge is 0.469 e. The number of nitrogens with zero attached hydrogens (tertiary/aromatic N) is 1. The second-order valence-electron chi connectivity index (χ2n) is 4.74. The van der Waals surface area contributed by atoms with Crippen molar-refractivity contribution in [3.05, 3.63) is 33.3 Å². The molecular weight excluding hydrogens is 346 g/mol. The van der Waals surface area contributed by atoms with Gasteiger partial charge in [0, 0.05) is 29.1 Å². The first-order chi connectivity index (χ1) is 9.58. The predicted octanol–water partition coefficient (Wildman–Crippen LogP) is 2.87. The van der Waals surface area contributed by atoms with E-state index in [0.29, 0.717) is 19.6 Å². The molecule has 1 aromatic carbocycles. The van der Waals surface area contributed by atoms with Gasteiger partial charge in [0.25, 0.3) is 0 Å². The lowest BCUT2D eigenvalue weighted by Crippen LogP contribution is -2.42. The Morgan fingerprint density at radius 3 is 3.10 bits per heavy atom. The third kappa shape index (κ3) is 4.45. The Morgan fingerprint density at radius 1 is 1.60 bits per heavy atom. The summed E-state index contributed by atoms with van der Waals surface area (Å²) in [4.78, 5) is 13.5. The van der Waals surface area contributed by atoms with Crippen molar-refractivity contribution in [2.45, 2.75) is 19.1 Å². The summed E-state index contributed by atoms with van der Waals surface area (Å²) in [6.45, 7) is 2.93. The lowest BCUT2D eigenvalue weighted by Gasteiger charge is -2.32. The maximum atomic E-state index is 11.3. The number of carbonyl (C=O) groups excluding carboxylic acids is 1. The molecule has 0 radical (unpaired) electrons. The maximum absolute atomic E-state index is 11.3. The molecule has 110 valence electrons. The Bertz CT molecular complexity index is 483. The summed E-state index contributed by atoms with van der Waals surface area (Å²) in [5, 5.41) is 0.746. The van der Waals surface area contributed by atoms with E-state index in [9.17, 15) is 4.79 Å². The summed E-state index contributed by atoms with van der Waals surface area (Å²) in [6, 6.07) is 5.88. The van der Waals surface area contributed by atoms with Crippen molar-refractivity contribution in [2.75, 3.05) is 26.8 Å². The van der Waals surface area contributed by atoms with Gasteiger partial charge in [0.1, 0.15) is 0 Å². The van der Waals surface area contributed by atoms with Crippen molar-refractivity contribution in [2.24, 2.45) is 0 Å². The Kier molecular flexibility index (Phi) is 5.84. The molecule has 1 saturated heterocycles. The molecule has 0 bridgehead atoms. The van der Waals surface area contributed by atoms with Gasteiger partial charge in [0.2, 0.25) is 0 Å². The van der Waals surface area contributed by atoms with E-state index in [1.165, 1.54) is 7.11 Å². The second-order valence-corrected chi connectivity index (χ2v) is 6.07. The van der Waals surface area contributed by atoms with E-state index in [0.717, 1.165) is 28.1 Å². The van der Waals surface area contributed by atoms with Gasteiger partial charge in [-0.15, -0.1) is 0 Å². The number of benzene rings is 1. The van der Waals surface area contributed by atoms with Crippen LogP contribution in [-0.2, 0) is 20.8 Å². The van der Waals surface area contributed by atoms with Crippen molar-refractivity contribution in [1.82, 2.24) is 4.90 Å². The fraction of sp³-hybridized carbons (Fsp3) is 0.500. The number of methoxy groups -OCH3 is 1. The molecule has 1 fully saturated rings. The highest BCUT2D eigenvalue weighted by Crippen LogP contribution is 2.23. The molecule has 4 nitrogen and oxygen atoms in total. The zero-order valence-corrected chi connectivity index (χ0v) is 13.6. The van der Waals surface area contributed by atoms with E-state index in [1.807, 2.05) is 18.2 Å². The Morgan fingerprint density at radius 2 is 2.40 bits per heavy atom. The monoisotopic (exact) mass is 361 g/mol. The van der Waals surface area contributed by atoms with Crippen LogP contribution < -0.4 is 0 Å². The quantitative estimate of drug-likeness (QED) is 0.772. The molecule has 1 unspecified atom stereocenters. The molecule has 1 atom stereocenters. The number of hydrogen-bond donors (Lipinski definition) is 0. The van der Waals surface area contributed by atoms with Crippen LogP contribution in [0, 0.1) is 0 Å². The molecule has 0 amide bonds. The lowest BCUT2D eigenvalue weighted by atomic mass is 10.1. The van der Waals surface area contributed by atoms with Crippen LogP contribution in [0.4, 0.5) is 0 Å². The van der Waals surface area contributed by atoms with Gasteiger partial charge in [-0.25, -0.2) is 0 Å². The molecule has 0 saturated carbocycles. The van der Waals surface area contributed by atoms with Crippen molar-refractivity contribution in [3.8, 4) is 0 Å².